The highest BCUT2D eigenvalue weighted by Crippen LogP contribution is 1.99. The van der Waals surface area contributed by atoms with Gasteiger partial charge in [0.25, 0.3) is 0 Å². The zero-order valence-electron chi connectivity index (χ0n) is 11.8. The molecule has 0 aromatic heterocycles. The minimum atomic E-state index is -0.980. The number of urea groups is 1. The van der Waals surface area contributed by atoms with Crippen LogP contribution in [-0.4, -0.2) is 67.2 Å². The summed E-state index contributed by atoms with van der Waals surface area (Å²) < 4.78 is 0. The molecule has 0 saturated carbocycles. The molecule has 0 aromatic rings. The second-order valence-corrected chi connectivity index (χ2v) is 4.71. The Morgan fingerprint density at radius 2 is 1.83 bits per heavy atom. The van der Waals surface area contributed by atoms with Gasteiger partial charge in [-0.25, -0.2) is 9.59 Å². The zero-order valence-corrected chi connectivity index (χ0v) is 11.8. The van der Waals surface area contributed by atoms with Crippen LogP contribution in [0, 0.1) is 0 Å². The highest BCUT2D eigenvalue weighted by Gasteiger charge is 2.20. The molecule has 106 valence electrons. The lowest BCUT2D eigenvalue weighted by Gasteiger charge is -2.21. The van der Waals surface area contributed by atoms with E-state index >= 15 is 0 Å². The Bertz CT molecular complexity index is 269. The number of hydrogen-bond donors (Lipinski definition) is 2. The van der Waals surface area contributed by atoms with Crippen molar-refractivity contribution in [2.45, 2.75) is 32.2 Å². The van der Waals surface area contributed by atoms with Crippen LogP contribution in [0.5, 0.6) is 0 Å². The third-order valence-electron chi connectivity index (χ3n) is 2.62. The first-order chi connectivity index (χ1) is 8.38. The largest absolute Gasteiger partial charge is 0.480 e. The third kappa shape index (κ3) is 7.11. The van der Waals surface area contributed by atoms with E-state index in [1.54, 1.807) is 7.05 Å². The van der Waals surface area contributed by atoms with Gasteiger partial charge in [-0.3, -0.25) is 0 Å². The standard InChI is InChI=1S/C12H25N3O3/c1-5-7-10(11(16)17)13-12(18)15(4)9-6-8-14(2)3/h10H,5-9H2,1-4H3,(H,13,18)(H,16,17)/t10-/m1/s1. The monoisotopic (exact) mass is 259 g/mol. The first-order valence-corrected chi connectivity index (χ1v) is 6.27. The average Bonchev–Trinajstić information content (AvgIpc) is 2.27. The minimum absolute atomic E-state index is 0.324. The number of carbonyl (C=O) groups excluding carboxylic acids is 1. The van der Waals surface area contributed by atoms with Gasteiger partial charge in [-0.2, -0.15) is 0 Å². The fourth-order valence-corrected chi connectivity index (χ4v) is 1.53. The molecule has 0 radical (unpaired) electrons. The molecule has 18 heavy (non-hydrogen) atoms. The van der Waals surface area contributed by atoms with E-state index in [4.69, 9.17) is 5.11 Å². The van der Waals surface area contributed by atoms with Crippen LogP contribution in [0.2, 0.25) is 0 Å². The molecule has 0 heterocycles. The van der Waals surface area contributed by atoms with Gasteiger partial charge in [0.1, 0.15) is 6.04 Å². The number of hydrogen-bond acceptors (Lipinski definition) is 3. The van der Waals surface area contributed by atoms with Gasteiger partial charge in [-0.15, -0.1) is 0 Å². The second kappa shape index (κ2) is 8.74. The molecule has 2 amide bonds. The molecule has 0 aromatic carbocycles. The topological polar surface area (TPSA) is 72.9 Å². The van der Waals surface area contributed by atoms with Crippen LogP contribution < -0.4 is 5.32 Å². The summed E-state index contributed by atoms with van der Waals surface area (Å²) in [5, 5.41) is 11.5. The van der Waals surface area contributed by atoms with Gasteiger partial charge in [0.15, 0.2) is 0 Å². The van der Waals surface area contributed by atoms with Gasteiger partial charge in [0.2, 0.25) is 0 Å². The number of nitrogens with zero attached hydrogens (tertiary/aromatic N) is 2. The molecule has 0 rings (SSSR count). The molecule has 0 aliphatic carbocycles. The summed E-state index contributed by atoms with van der Waals surface area (Å²) in [6.07, 6.45) is 2.04. The quantitative estimate of drug-likeness (QED) is 0.677. The maximum absolute atomic E-state index is 11.7. The van der Waals surface area contributed by atoms with Crippen LogP contribution in [0.15, 0.2) is 0 Å². The van der Waals surface area contributed by atoms with Gasteiger partial charge in [0.05, 0.1) is 0 Å². The van der Waals surface area contributed by atoms with Gasteiger partial charge in [-0.1, -0.05) is 13.3 Å². The van der Waals surface area contributed by atoms with Crippen molar-refractivity contribution >= 4 is 12.0 Å². The maximum atomic E-state index is 11.7. The maximum Gasteiger partial charge on any atom is 0.326 e. The molecule has 6 nitrogen and oxygen atoms in total. The van der Waals surface area contributed by atoms with Crippen LogP contribution in [0.25, 0.3) is 0 Å². The Morgan fingerprint density at radius 1 is 1.22 bits per heavy atom. The van der Waals surface area contributed by atoms with E-state index in [0.717, 1.165) is 19.4 Å². The summed E-state index contributed by atoms with van der Waals surface area (Å²) in [6, 6.07) is -1.12. The van der Waals surface area contributed by atoms with Crippen LogP contribution in [0.3, 0.4) is 0 Å². The fourth-order valence-electron chi connectivity index (χ4n) is 1.53. The lowest BCUT2D eigenvalue weighted by molar-refractivity contribution is -0.139. The number of nitrogens with one attached hydrogen (secondary N) is 1. The highest BCUT2D eigenvalue weighted by atomic mass is 16.4. The van der Waals surface area contributed by atoms with E-state index in [1.165, 1.54) is 4.90 Å². The summed E-state index contributed by atoms with van der Waals surface area (Å²) >= 11 is 0. The van der Waals surface area contributed by atoms with E-state index in [-0.39, 0.29) is 6.03 Å². The predicted molar refractivity (Wildman–Crippen MR) is 70.7 cm³/mol. The van der Waals surface area contributed by atoms with Gasteiger partial charge >= 0.3 is 12.0 Å². The van der Waals surface area contributed by atoms with Gasteiger partial charge in [-0.05, 0) is 33.5 Å². The zero-order chi connectivity index (χ0) is 14.1. The van der Waals surface area contributed by atoms with Crippen molar-refractivity contribution in [3.05, 3.63) is 0 Å². The van der Waals surface area contributed by atoms with Crippen molar-refractivity contribution in [2.75, 3.05) is 34.2 Å². The van der Waals surface area contributed by atoms with E-state index in [2.05, 4.69) is 5.32 Å². The van der Waals surface area contributed by atoms with Crippen molar-refractivity contribution < 1.29 is 14.7 Å². The molecule has 0 spiro atoms. The van der Waals surface area contributed by atoms with Crippen LogP contribution in [-0.2, 0) is 4.79 Å². The lowest BCUT2D eigenvalue weighted by Crippen LogP contribution is -2.47. The number of rotatable bonds is 8. The summed E-state index contributed by atoms with van der Waals surface area (Å²) in [5.41, 5.74) is 0. The normalized spacial score (nSPS) is 12.3. The summed E-state index contributed by atoms with van der Waals surface area (Å²) in [5.74, 6) is -0.980. The third-order valence-corrected chi connectivity index (χ3v) is 2.62. The smallest absolute Gasteiger partial charge is 0.326 e. The van der Waals surface area contributed by atoms with E-state index in [1.807, 2.05) is 25.9 Å². The van der Waals surface area contributed by atoms with Gasteiger partial charge in [0, 0.05) is 13.6 Å². The Balaban J connectivity index is 4.08. The van der Waals surface area contributed by atoms with Crippen molar-refractivity contribution in [1.29, 1.82) is 0 Å². The second-order valence-electron chi connectivity index (χ2n) is 4.71. The number of carbonyl (C=O) groups is 2. The SMILES string of the molecule is CCC[C@@H](NC(=O)N(C)CCCN(C)C)C(=O)O. The Kier molecular flexibility index (Phi) is 8.11. The Hall–Kier alpha value is -1.30. The van der Waals surface area contributed by atoms with Crippen LogP contribution in [0.1, 0.15) is 26.2 Å². The number of aliphatic carboxylic acids is 1. The van der Waals surface area contributed by atoms with E-state index in [0.29, 0.717) is 13.0 Å². The summed E-state index contributed by atoms with van der Waals surface area (Å²) in [7, 11) is 5.62. The van der Waals surface area contributed by atoms with Crippen LogP contribution in [0.4, 0.5) is 4.79 Å². The Morgan fingerprint density at radius 3 is 2.28 bits per heavy atom. The molecule has 0 aliphatic rings. The number of amides is 2. The molecule has 2 N–H and O–H groups in total. The molecule has 0 bridgehead atoms. The van der Waals surface area contributed by atoms with Crippen LogP contribution >= 0.6 is 0 Å². The first-order valence-electron chi connectivity index (χ1n) is 6.27. The summed E-state index contributed by atoms with van der Waals surface area (Å²) in [6.45, 7) is 3.40. The number of carboxylic acid groups (broad SMARTS) is 1. The molecule has 0 fully saturated rings. The highest BCUT2D eigenvalue weighted by molar-refractivity contribution is 5.82. The molecule has 0 aliphatic heterocycles. The van der Waals surface area contributed by atoms with Crippen molar-refractivity contribution in [1.82, 2.24) is 15.1 Å². The lowest BCUT2D eigenvalue weighted by atomic mass is 10.2. The summed E-state index contributed by atoms with van der Waals surface area (Å²) in [4.78, 5) is 26.2. The van der Waals surface area contributed by atoms with Crippen molar-refractivity contribution in [2.24, 2.45) is 0 Å². The first kappa shape index (κ1) is 16.7. The molecule has 0 saturated heterocycles. The molecular formula is C12H25N3O3. The minimum Gasteiger partial charge on any atom is -0.480 e. The van der Waals surface area contributed by atoms with E-state index < -0.39 is 12.0 Å². The number of carboxylic acids is 1. The predicted octanol–water partition coefficient (Wildman–Crippen LogP) is 0.833. The molecule has 1 atom stereocenters. The Labute approximate surface area is 109 Å². The molecule has 6 heteroatoms. The van der Waals surface area contributed by atoms with Crippen molar-refractivity contribution in [3.8, 4) is 0 Å². The van der Waals surface area contributed by atoms with E-state index in [9.17, 15) is 9.59 Å². The molecular weight excluding hydrogens is 234 g/mol. The molecule has 0 unspecified atom stereocenters. The van der Waals surface area contributed by atoms with Crippen molar-refractivity contribution in [3.63, 3.8) is 0 Å². The average molecular weight is 259 g/mol. The van der Waals surface area contributed by atoms with Gasteiger partial charge < -0.3 is 20.2 Å². The fraction of sp³-hybridized carbons (Fsp3) is 0.833.